The van der Waals surface area contributed by atoms with Gasteiger partial charge in [0.2, 0.25) is 0 Å². The van der Waals surface area contributed by atoms with Gasteiger partial charge < -0.3 is 10.4 Å². The maximum absolute atomic E-state index is 12.5. The molecule has 0 bridgehead atoms. The number of carbonyl (C=O) groups excluding carboxylic acids is 1. The van der Waals surface area contributed by atoms with Gasteiger partial charge in [0.05, 0.1) is 5.56 Å². The minimum Gasteiger partial charge on any atom is -0.478 e. The molecule has 0 radical (unpaired) electrons. The Balaban J connectivity index is 1.87. The summed E-state index contributed by atoms with van der Waals surface area (Å²) in [5.74, 6) is -1.25. The highest BCUT2D eigenvalue weighted by Crippen LogP contribution is 2.49. The first-order valence-electron chi connectivity index (χ1n) is 8.59. The van der Waals surface area contributed by atoms with Crippen molar-refractivity contribution in [2.45, 2.75) is 42.4 Å². The number of carboxylic acids is 1. The molecule has 1 amide bonds. The lowest BCUT2D eigenvalue weighted by Gasteiger charge is -2.40. The third-order valence-corrected chi connectivity index (χ3v) is 6.30. The van der Waals surface area contributed by atoms with E-state index in [0.29, 0.717) is 5.56 Å². The quantitative estimate of drug-likeness (QED) is 0.476. The molecule has 4 nitrogen and oxygen atoms in total. The third kappa shape index (κ3) is 3.63. The van der Waals surface area contributed by atoms with Gasteiger partial charge in [0.15, 0.2) is 0 Å². The smallest absolute Gasteiger partial charge is 0.335 e. The van der Waals surface area contributed by atoms with Gasteiger partial charge in [-0.2, -0.15) is 0 Å². The van der Waals surface area contributed by atoms with Crippen molar-refractivity contribution in [3.05, 3.63) is 64.7 Å². The number of hydrogen-bond donors (Lipinski definition) is 2. The van der Waals surface area contributed by atoms with E-state index >= 15 is 0 Å². The van der Waals surface area contributed by atoms with Crippen molar-refractivity contribution in [1.82, 2.24) is 0 Å². The zero-order chi connectivity index (χ0) is 19.1. The Hall–Kier alpha value is -1.89. The fourth-order valence-corrected chi connectivity index (χ4v) is 4.16. The normalized spacial score (nSPS) is 20.9. The second-order valence-corrected chi connectivity index (χ2v) is 10.1. The van der Waals surface area contributed by atoms with Crippen molar-refractivity contribution < 1.29 is 14.7 Å². The molecule has 2 N–H and O–H groups in total. The number of fused-ring (bicyclic) bond motifs is 1. The van der Waals surface area contributed by atoms with Crippen LogP contribution in [0.1, 0.15) is 65.5 Å². The molecule has 0 aromatic heterocycles. The van der Waals surface area contributed by atoms with Crippen molar-refractivity contribution in [1.29, 1.82) is 0 Å². The summed E-state index contributed by atoms with van der Waals surface area (Å²) in [5.41, 5.74) is 4.05. The van der Waals surface area contributed by atoms with E-state index in [1.165, 1.54) is 35.4 Å². The average molecular weight is 463 g/mol. The lowest BCUT2D eigenvalue weighted by Crippen LogP contribution is -2.32. The highest BCUT2D eigenvalue weighted by atomic mass is 127. The molecule has 0 heterocycles. The van der Waals surface area contributed by atoms with E-state index in [1.807, 2.05) is 6.07 Å². The Morgan fingerprint density at radius 2 is 1.58 bits per heavy atom. The third-order valence-electron chi connectivity index (χ3n) is 5.18. The van der Waals surface area contributed by atoms with Gasteiger partial charge in [-0.25, -0.2) is 4.79 Å². The maximum Gasteiger partial charge on any atom is 0.335 e. The summed E-state index contributed by atoms with van der Waals surface area (Å²) < 4.78 is 0.109. The molecular weight excluding hydrogens is 441 g/mol. The van der Waals surface area contributed by atoms with Crippen molar-refractivity contribution in [2.24, 2.45) is 0 Å². The van der Waals surface area contributed by atoms with E-state index in [0.717, 1.165) is 18.5 Å². The number of carbonyl (C=O) groups is 2. The summed E-state index contributed by atoms with van der Waals surface area (Å²) in [6, 6.07) is 12.1. The molecule has 2 aromatic rings. The molecule has 0 spiro atoms. The van der Waals surface area contributed by atoms with Crippen LogP contribution in [0.2, 0.25) is 0 Å². The first kappa shape index (κ1) is 18.9. The SMILES string of the molecule is CC1(C)CCC(C)(I)c2ccc(NC(=O)c3ccc(C(=O)O)cc3)cc21. The minimum absolute atomic E-state index is 0.0733. The molecule has 2 aromatic carbocycles. The van der Waals surface area contributed by atoms with Crippen LogP contribution in [-0.2, 0) is 8.84 Å². The minimum atomic E-state index is -1.00. The van der Waals surface area contributed by atoms with Gasteiger partial charge in [-0.05, 0) is 72.7 Å². The molecule has 5 heteroatoms. The van der Waals surface area contributed by atoms with Crippen LogP contribution in [0.3, 0.4) is 0 Å². The Labute approximate surface area is 167 Å². The van der Waals surface area contributed by atoms with Crippen molar-refractivity contribution >= 4 is 40.2 Å². The van der Waals surface area contributed by atoms with Crippen LogP contribution in [0.4, 0.5) is 5.69 Å². The van der Waals surface area contributed by atoms with Gasteiger partial charge in [0, 0.05) is 14.7 Å². The number of aromatic carboxylic acids is 1. The van der Waals surface area contributed by atoms with Crippen LogP contribution in [0, 0.1) is 0 Å². The summed E-state index contributed by atoms with van der Waals surface area (Å²) in [6.45, 7) is 6.74. The number of nitrogens with one attached hydrogen (secondary N) is 1. The monoisotopic (exact) mass is 463 g/mol. The molecule has 0 saturated carbocycles. The topological polar surface area (TPSA) is 66.4 Å². The van der Waals surface area contributed by atoms with Crippen LogP contribution in [0.5, 0.6) is 0 Å². The number of hydrogen-bond acceptors (Lipinski definition) is 2. The number of alkyl halides is 1. The van der Waals surface area contributed by atoms with Crippen LogP contribution >= 0.6 is 22.6 Å². The second kappa shape index (κ2) is 6.68. The van der Waals surface area contributed by atoms with E-state index in [2.05, 4.69) is 60.8 Å². The van der Waals surface area contributed by atoms with E-state index in [1.54, 1.807) is 0 Å². The predicted molar refractivity (Wildman–Crippen MR) is 111 cm³/mol. The molecule has 1 aliphatic rings. The Morgan fingerprint density at radius 1 is 0.962 bits per heavy atom. The largest absolute Gasteiger partial charge is 0.478 e. The molecule has 0 fully saturated rings. The van der Waals surface area contributed by atoms with Crippen molar-refractivity contribution in [3.63, 3.8) is 0 Å². The first-order chi connectivity index (χ1) is 12.1. The molecule has 0 saturated heterocycles. The fourth-order valence-electron chi connectivity index (χ4n) is 3.42. The van der Waals surface area contributed by atoms with Crippen LogP contribution in [0.25, 0.3) is 0 Å². The molecule has 26 heavy (non-hydrogen) atoms. The highest BCUT2D eigenvalue weighted by molar-refractivity contribution is 14.1. The van der Waals surface area contributed by atoms with E-state index in [-0.39, 0.29) is 20.3 Å². The summed E-state index contributed by atoms with van der Waals surface area (Å²) in [5, 5.41) is 11.9. The molecule has 1 aliphatic carbocycles. The number of benzene rings is 2. The van der Waals surface area contributed by atoms with E-state index < -0.39 is 5.97 Å². The summed E-state index contributed by atoms with van der Waals surface area (Å²) in [4.78, 5) is 23.4. The average Bonchev–Trinajstić information content (AvgIpc) is 2.59. The molecule has 1 unspecified atom stereocenters. The van der Waals surface area contributed by atoms with Gasteiger partial charge >= 0.3 is 5.97 Å². The standard InChI is InChI=1S/C21H22INO3/c1-20(2)10-11-21(3,22)16-9-8-15(12-17(16)20)23-18(24)13-4-6-14(7-5-13)19(25)26/h4-9,12H,10-11H2,1-3H3,(H,23,24)(H,25,26). The first-order valence-corrected chi connectivity index (χ1v) is 9.67. The lowest BCUT2D eigenvalue weighted by molar-refractivity contribution is 0.0696. The van der Waals surface area contributed by atoms with Crippen LogP contribution in [0.15, 0.2) is 42.5 Å². The van der Waals surface area contributed by atoms with Crippen molar-refractivity contribution in [2.75, 3.05) is 5.32 Å². The van der Waals surface area contributed by atoms with E-state index in [9.17, 15) is 9.59 Å². The zero-order valence-electron chi connectivity index (χ0n) is 15.1. The van der Waals surface area contributed by atoms with E-state index in [4.69, 9.17) is 5.11 Å². The zero-order valence-corrected chi connectivity index (χ0v) is 17.3. The number of amides is 1. The number of halogens is 1. The van der Waals surface area contributed by atoms with Crippen LogP contribution in [-0.4, -0.2) is 17.0 Å². The van der Waals surface area contributed by atoms with Gasteiger partial charge in [-0.1, -0.05) is 42.5 Å². The number of carboxylic acid groups (broad SMARTS) is 1. The predicted octanol–water partition coefficient (Wildman–Crippen LogP) is 5.36. The Kier molecular flexibility index (Phi) is 4.86. The molecule has 0 aliphatic heterocycles. The van der Waals surface area contributed by atoms with Gasteiger partial charge in [-0.3, -0.25) is 4.79 Å². The van der Waals surface area contributed by atoms with Gasteiger partial charge in [-0.15, -0.1) is 0 Å². The summed E-state index contributed by atoms with van der Waals surface area (Å²) in [7, 11) is 0. The highest BCUT2D eigenvalue weighted by Gasteiger charge is 2.38. The van der Waals surface area contributed by atoms with Crippen LogP contribution < -0.4 is 5.32 Å². The molecule has 136 valence electrons. The van der Waals surface area contributed by atoms with Gasteiger partial charge in [0.1, 0.15) is 0 Å². The Bertz CT molecular complexity index is 869. The maximum atomic E-state index is 12.5. The fraction of sp³-hybridized carbons (Fsp3) is 0.333. The number of rotatable bonds is 3. The van der Waals surface area contributed by atoms with Gasteiger partial charge in [0.25, 0.3) is 5.91 Å². The summed E-state index contributed by atoms with van der Waals surface area (Å²) in [6.07, 6.45) is 2.24. The lowest BCUT2D eigenvalue weighted by atomic mass is 9.69. The Morgan fingerprint density at radius 3 is 2.19 bits per heavy atom. The number of anilines is 1. The second-order valence-electron chi connectivity index (χ2n) is 7.68. The molecule has 3 rings (SSSR count). The van der Waals surface area contributed by atoms with Crippen molar-refractivity contribution in [3.8, 4) is 0 Å². The molecular formula is C21H22INO3. The molecule has 1 atom stereocenters. The summed E-state index contributed by atoms with van der Waals surface area (Å²) >= 11 is 2.52.